The Morgan fingerprint density at radius 3 is 2.58 bits per heavy atom. The van der Waals surface area contributed by atoms with Gasteiger partial charge in [0.15, 0.2) is 0 Å². The van der Waals surface area contributed by atoms with E-state index in [1.807, 2.05) is 18.2 Å². The lowest BCUT2D eigenvalue weighted by Crippen LogP contribution is -2.34. The molecule has 1 aliphatic carbocycles. The third kappa shape index (κ3) is 3.63. The zero-order valence-electron chi connectivity index (χ0n) is 13.0. The highest BCUT2D eigenvalue weighted by atomic mass is 32.2. The molecule has 0 radical (unpaired) electrons. The van der Waals surface area contributed by atoms with E-state index >= 15 is 0 Å². The van der Waals surface area contributed by atoms with E-state index in [1.54, 1.807) is 18.2 Å². The largest absolute Gasteiger partial charge is 0.272 e. The fourth-order valence-corrected chi connectivity index (χ4v) is 4.08. The van der Waals surface area contributed by atoms with Gasteiger partial charge in [-0.2, -0.15) is 0 Å². The SMILES string of the molecule is O=[N+]([O-])c1ccccc1CCS(=O)(=O)NC[C@@H]1Cc2ccccc21. The molecule has 0 aromatic heterocycles. The molecule has 1 atom stereocenters. The number of sulfonamides is 1. The zero-order valence-corrected chi connectivity index (χ0v) is 13.8. The van der Waals surface area contributed by atoms with Crippen molar-refractivity contribution in [2.45, 2.75) is 18.8 Å². The fraction of sp³-hybridized carbons (Fsp3) is 0.294. The standard InChI is InChI=1S/C17H18N2O4S/c20-19(21)17-8-4-2-5-13(17)9-10-24(22,23)18-12-15-11-14-6-1-3-7-16(14)15/h1-8,15,18H,9-12H2/t15-/m0/s1. The number of hydrogen-bond donors (Lipinski definition) is 1. The van der Waals surface area contributed by atoms with Crippen LogP contribution < -0.4 is 4.72 Å². The van der Waals surface area contributed by atoms with Gasteiger partial charge < -0.3 is 0 Å². The van der Waals surface area contributed by atoms with Crippen LogP contribution in [0.1, 0.15) is 22.6 Å². The molecule has 0 amide bonds. The first-order valence-corrected chi connectivity index (χ1v) is 9.39. The molecule has 0 fully saturated rings. The van der Waals surface area contributed by atoms with Gasteiger partial charge in [0.2, 0.25) is 10.0 Å². The Kier molecular flexibility index (Phi) is 4.64. The molecule has 126 valence electrons. The van der Waals surface area contributed by atoms with E-state index in [1.165, 1.54) is 17.2 Å². The Balaban J connectivity index is 1.57. The van der Waals surface area contributed by atoms with Gasteiger partial charge in [0.05, 0.1) is 10.7 Å². The molecular formula is C17H18N2O4S. The zero-order chi connectivity index (χ0) is 17.2. The van der Waals surface area contributed by atoms with E-state index in [9.17, 15) is 18.5 Å². The average molecular weight is 346 g/mol. The third-order valence-electron chi connectivity index (χ3n) is 4.34. The van der Waals surface area contributed by atoms with Crippen molar-refractivity contribution >= 4 is 15.7 Å². The summed E-state index contributed by atoms with van der Waals surface area (Å²) >= 11 is 0. The molecule has 6 nitrogen and oxygen atoms in total. The minimum absolute atomic E-state index is 0.0411. The molecule has 0 heterocycles. The van der Waals surface area contributed by atoms with E-state index in [0.717, 1.165) is 6.42 Å². The summed E-state index contributed by atoms with van der Waals surface area (Å²) in [5.41, 5.74) is 2.85. The number of fused-ring (bicyclic) bond motifs is 1. The van der Waals surface area contributed by atoms with Crippen LogP contribution in [0.15, 0.2) is 48.5 Å². The van der Waals surface area contributed by atoms with Crippen LogP contribution in [0.3, 0.4) is 0 Å². The summed E-state index contributed by atoms with van der Waals surface area (Å²) in [6, 6.07) is 14.2. The molecule has 24 heavy (non-hydrogen) atoms. The maximum Gasteiger partial charge on any atom is 0.272 e. The first kappa shape index (κ1) is 16.6. The van der Waals surface area contributed by atoms with Crippen molar-refractivity contribution in [2.24, 2.45) is 0 Å². The highest BCUT2D eigenvalue weighted by Crippen LogP contribution is 2.34. The smallest absolute Gasteiger partial charge is 0.258 e. The number of nitro benzene ring substituents is 1. The fourth-order valence-electron chi connectivity index (χ4n) is 2.99. The molecule has 2 aromatic carbocycles. The molecule has 0 saturated carbocycles. The molecule has 0 bridgehead atoms. The maximum atomic E-state index is 12.2. The summed E-state index contributed by atoms with van der Waals surface area (Å²) in [4.78, 5) is 10.5. The van der Waals surface area contributed by atoms with Gasteiger partial charge in [-0.3, -0.25) is 10.1 Å². The predicted molar refractivity (Wildman–Crippen MR) is 91.5 cm³/mol. The summed E-state index contributed by atoms with van der Waals surface area (Å²) in [6.45, 7) is 0.371. The Hall–Kier alpha value is -2.25. The molecule has 7 heteroatoms. The van der Waals surface area contributed by atoms with Crippen LogP contribution in [-0.4, -0.2) is 25.6 Å². The van der Waals surface area contributed by atoms with Crippen LogP contribution in [0.5, 0.6) is 0 Å². The van der Waals surface area contributed by atoms with Crippen LogP contribution in [-0.2, 0) is 22.9 Å². The second kappa shape index (κ2) is 6.70. The van der Waals surface area contributed by atoms with Crippen LogP contribution >= 0.6 is 0 Å². The first-order chi connectivity index (χ1) is 11.5. The average Bonchev–Trinajstić information content (AvgIpc) is 2.54. The maximum absolute atomic E-state index is 12.2. The summed E-state index contributed by atoms with van der Waals surface area (Å²) in [7, 11) is -3.47. The van der Waals surface area contributed by atoms with Gasteiger partial charge in [0.1, 0.15) is 0 Å². The number of rotatable bonds is 7. The van der Waals surface area contributed by atoms with Crippen molar-refractivity contribution in [3.05, 3.63) is 75.3 Å². The molecule has 2 aromatic rings. The lowest BCUT2D eigenvalue weighted by atomic mass is 9.78. The van der Waals surface area contributed by atoms with E-state index in [0.29, 0.717) is 12.1 Å². The van der Waals surface area contributed by atoms with Gasteiger partial charge >= 0.3 is 0 Å². The van der Waals surface area contributed by atoms with Crippen molar-refractivity contribution in [3.63, 3.8) is 0 Å². The van der Waals surface area contributed by atoms with E-state index in [4.69, 9.17) is 0 Å². The molecule has 0 spiro atoms. The number of nitro groups is 1. The van der Waals surface area contributed by atoms with E-state index < -0.39 is 14.9 Å². The van der Waals surface area contributed by atoms with Crippen molar-refractivity contribution in [1.29, 1.82) is 0 Å². The molecule has 0 aliphatic heterocycles. The van der Waals surface area contributed by atoms with Crippen LogP contribution in [0.4, 0.5) is 5.69 Å². The Morgan fingerprint density at radius 2 is 1.83 bits per heavy atom. The van der Waals surface area contributed by atoms with Gasteiger partial charge in [0.25, 0.3) is 5.69 Å². The van der Waals surface area contributed by atoms with E-state index in [-0.39, 0.29) is 23.8 Å². The first-order valence-electron chi connectivity index (χ1n) is 7.74. The van der Waals surface area contributed by atoms with Crippen molar-refractivity contribution in [2.75, 3.05) is 12.3 Å². The van der Waals surface area contributed by atoms with Crippen LogP contribution in [0, 0.1) is 10.1 Å². The summed E-state index contributed by atoms with van der Waals surface area (Å²) in [5.74, 6) is 0.0497. The summed E-state index contributed by atoms with van der Waals surface area (Å²) in [5, 5.41) is 11.0. The van der Waals surface area contributed by atoms with Crippen LogP contribution in [0.2, 0.25) is 0 Å². The second-order valence-electron chi connectivity index (χ2n) is 5.90. The highest BCUT2D eigenvalue weighted by molar-refractivity contribution is 7.89. The molecule has 3 rings (SSSR count). The number of benzene rings is 2. The number of para-hydroxylation sites is 1. The van der Waals surface area contributed by atoms with Gasteiger partial charge in [-0.15, -0.1) is 0 Å². The van der Waals surface area contributed by atoms with Crippen molar-refractivity contribution < 1.29 is 13.3 Å². The molecule has 1 N–H and O–H groups in total. The normalized spacial score (nSPS) is 16.2. The Labute approximate surface area is 140 Å². The van der Waals surface area contributed by atoms with Crippen molar-refractivity contribution in [3.8, 4) is 0 Å². The lowest BCUT2D eigenvalue weighted by molar-refractivity contribution is -0.385. The Bertz CT molecular complexity index is 864. The number of nitrogens with one attached hydrogen (secondary N) is 1. The molecule has 0 unspecified atom stereocenters. The third-order valence-corrected chi connectivity index (χ3v) is 5.69. The van der Waals surface area contributed by atoms with E-state index in [2.05, 4.69) is 10.8 Å². The predicted octanol–water partition coefficient (Wildman–Crippen LogP) is 2.40. The molecular weight excluding hydrogens is 328 g/mol. The van der Waals surface area contributed by atoms with Gasteiger partial charge in [-0.1, -0.05) is 42.5 Å². The second-order valence-corrected chi connectivity index (χ2v) is 7.83. The van der Waals surface area contributed by atoms with Crippen molar-refractivity contribution in [1.82, 2.24) is 4.72 Å². The number of nitrogens with zero attached hydrogens (tertiary/aromatic N) is 1. The number of aryl methyl sites for hydroxylation is 1. The monoisotopic (exact) mass is 346 g/mol. The minimum Gasteiger partial charge on any atom is -0.258 e. The summed E-state index contributed by atoms with van der Waals surface area (Å²) in [6.07, 6.45) is 0.997. The van der Waals surface area contributed by atoms with Gasteiger partial charge in [-0.25, -0.2) is 13.1 Å². The molecule has 0 saturated heterocycles. The van der Waals surface area contributed by atoms with Gasteiger partial charge in [0, 0.05) is 24.1 Å². The number of hydrogen-bond acceptors (Lipinski definition) is 4. The van der Waals surface area contributed by atoms with Gasteiger partial charge in [-0.05, 0) is 24.0 Å². The highest BCUT2D eigenvalue weighted by Gasteiger charge is 2.26. The van der Waals surface area contributed by atoms with Crippen LogP contribution in [0.25, 0.3) is 0 Å². The minimum atomic E-state index is -3.47. The molecule has 1 aliphatic rings. The Morgan fingerprint density at radius 1 is 1.12 bits per heavy atom. The quantitative estimate of drug-likeness (QED) is 0.616. The summed E-state index contributed by atoms with van der Waals surface area (Å²) < 4.78 is 26.9. The lowest BCUT2D eigenvalue weighted by Gasteiger charge is -2.30. The topological polar surface area (TPSA) is 89.3 Å².